The molecule has 0 aliphatic carbocycles. The number of aromatic nitrogens is 2. The van der Waals surface area contributed by atoms with Crippen molar-refractivity contribution in [2.75, 3.05) is 7.11 Å². The summed E-state index contributed by atoms with van der Waals surface area (Å²) in [6, 6.07) is 0.0387. The average Bonchev–Trinajstić information content (AvgIpc) is 2.48. The van der Waals surface area contributed by atoms with Crippen molar-refractivity contribution in [3.05, 3.63) is 11.3 Å². The summed E-state index contributed by atoms with van der Waals surface area (Å²) in [4.78, 5) is 10.8. The molecule has 1 amide bonds. The van der Waals surface area contributed by atoms with Gasteiger partial charge in [0.15, 0.2) is 0 Å². The molecule has 0 fully saturated rings. The molecule has 0 aromatic carbocycles. The fourth-order valence-corrected chi connectivity index (χ4v) is 1.79. The molecule has 6 heteroatoms. The zero-order valence-electron chi connectivity index (χ0n) is 10.8. The Kier molecular flexibility index (Phi) is 4.51. The van der Waals surface area contributed by atoms with Gasteiger partial charge in [-0.15, -0.1) is 0 Å². The van der Waals surface area contributed by atoms with Gasteiger partial charge < -0.3 is 15.8 Å². The van der Waals surface area contributed by atoms with Crippen molar-refractivity contribution < 1.29 is 9.53 Å². The van der Waals surface area contributed by atoms with Gasteiger partial charge >= 0.3 is 0 Å². The lowest BCUT2D eigenvalue weighted by molar-refractivity contribution is -0.118. The Morgan fingerprint density at radius 3 is 2.82 bits per heavy atom. The molecule has 1 atom stereocenters. The van der Waals surface area contributed by atoms with Crippen LogP contribution in [-0.2, 0) is 18.4 Å². The van der Waals surface area contributed by atoms with Crippen LogP contribution in [0.25, 0.3) is 0 Å². The highest BCUT2D eigenvalue weighted by Crippen LogP contribution is 2.20. The van der Waals surface area contributed by atoms with Gasteiger partial charge in [0.25, 0.3) is 0 Å². The predicted molar refractivity (Wildman–Crippen MR) is 64.6 cm³/mol. The van der Waals surface area contributed by atoms with Crippen LogP contribution in [0.5, 0.6) is 5.88 Å². The number of nitrogens with two attached hydrogens (primary N) is 1. The minimum atomic E-state index is -0.306. The number of nitrogens with one attached hydrogen (secondary N) is 1. The number of primary amides is 1. The molecule has 0 saturated heterocycles. The Balaban J connectivity index is 2.65. The van der Waals surface area contributed by atoms with Crippen molar-refractivity contribution in [2.24, 2.45) is 12.8 Å². The number of hydrogen-bond donors (Lipinski definition) is 2. The van der Waals surface area contributed by atoms with E-state index in [1.165, 1.54) is 0 Å². The van der Waals surface area contributed by atoms with Gasteiger partial charge in [-0.25, -0.2) is 4.68 Å². The van der Waals surface area contributed by atoms with Crippen LogP contribution in [0.4, 0.5) is 0 Å². The van der Waals surface area contributed by atoms with Crippen molar-refractivity contribution in [3.63, 3.8) is 0 Å². The summed E-state index contributed by atoms with van der Waals surface area (Å²) in [5.41, 5.74) is 7.06. The summed E-state index contributed by atoms with van der Waals surface area (Å²) < 4.78 is 6.98. The molecule has 0 radical (unpaired) electrons. The van der Waals surface area contributed by atoms with E-state index in [4.69, 9.17) is 10.5 Å². The highest BCUT2D eigenvalue weighted by Gasteiger charge is 2.14. The van der Waals surface area contributed by atoms with Crippen LogP contribution in [0.2, 0.25) is 0 Å². The maximum absolute atomic E-state index is 10.8. The number of rotatable bonds is 6. The Labute approximate surface area is 101 Å². The van der Waals surface area contributed by atoms with Gasteiger partial charge in [0.1, 0.15) is 0 Å². The molecular formula is C11H20N4O2. The monoisotopic (exact) mass is 240 g/mol. The first-order valence-corrected chi connectivity index (χ1v) is 5.53. The van der Waals surface area contributed by atoms with E-state index in [0.717, 1.165) is 17.1 Å². The molecular weight excluding hydrogens is 220 g/mol. The van der Waals surface area contributed by atoms with E-state index in [0.29, 0.717) is 13.0 Å². The normalized spacial score (nSPS) is 12.5. The van der Waals surface area contributed by atoms with Gasteiger partial charge in [0, 0.05) is 26.1 Å². The fourth-order valence-electron chi connectivity index (χ4n) is 1.79. The van der Waals surface area contributed by atoms with Crippen molar-refractivity contribution in [1.82, 2.24) is 15.1 Å². The minimum absolute atomic E-state index is 0.0387. The molecule has 1 aromatic rings. The van der Waals surface area contributed by atoms with Gasteiger partial charge in [-0.05, 0) is 13.8 Å². The van der Waals surface area contributed by atoms with Crippen molar-refractivity contribution in [3.8, 4) is 5.88 Å². The number of ether oxygens (including phenoxy) is 1. The van der Waals surface area contributed by atoms with E-state index >= 15 is 0 Å². The van der Waals surface area contributed by atoms with Gasteiger partial charge in [-0.2, -0.15) is 5.10 Å². The lowest BCUT2D eigenvalue weighted by Gasteiger charge is -2.12. The number of amides is 1. The van der Waals surface area contributed by atoms with Crippen LogP contribution in [0, 0.1) is 6.92 Å². The maximum Gasteiger partial charge on any atom is 0.218 e. The zero-order valence-corrected chi connectivity index (χ0v) is 10.8. The average molecular weight is 240 g/mol. The molecule has 1 heterocycles. The first kappa shape index (κ1) is 13.5. The predicted octanol–water partition coefficient (Wildman–Crippen LogP) is 0.0906. The fraction of sp³-hybridized carbons (Fsp3) is 0.636. The SMILES string of the molecule is COc1c(CNC(C)CC(N)=O)c(C)nn1C. The van der Waals surface area contributed by atoms with Crippen LogP contribution in [-0.4, -0.2) is 28.8 Å². The van der Waals surface area contributed by atoms with Crippen molar-refractivity contribution >= 4 is 5.91 Å². The van der Waals surface area contributed by atoms with E-state index in [1.54, 1.807) is 11.8 Å². The lowest BCUT2D eigenvalue weighted by atomic mass is 10.2. The van der Waals surface area contributed by atoms with Gasteiger partial charge in [-0.3, -0.25) is 4.79 Å². The molecule has 0 saturated carbocycles. The molecule has 0 aliphatic heterocycles. The second kappa shape index (κ2) is 5.67. The van der Waals surface area contributed by atoms with Crippen LogP contribution in [0.1, 0.15) is 24.6 Å². The van der Waals surface area contributed by atoms with Crippen LogP contribution < -0.4 is 15.8 Å². The molecule has 1 aromatic heterocycles. The van der Waals surface area contributed by atoms with E-state index in [2.05, 4.69) is 10.4 Å². The van der Waals surface area contributed by atoms with Crippen molar-refractivity contribution in [2.45, 2.75) is 32.9 Å². The summed E-state index contributed by atoms with van der Waals surface area (Å²) >= 11 is 0. The van der Waals surface area contributed by atoms with E-state index in [9.17, 15) is 4.79 Å². The summed E-state index contributed by atoms with van der Waals surface area (Å²) in [6.45, 7) is 4.46. The molecule has 0 spiro atoms. The molecule has 1 rings (SSSR count). The third-order valence-electron chi connectivity index (χ3n) is 2.62. The zero-order chi connectivity index (χ0) is 13.0. The Morgan fingerprint density at radius 1 is 1.65 bits per heavy atom. The highest BCUT2D eigenvalue weighted by atomic mass is 16.5. The number of methoxy groups -OCH3 is 1. The third kappa shape index (κ3) is 3.45. The number of aryl methyl sites for hydroxylation is 2. The van der Waals surface area contributed by atoms with E-state index < -0.39 is 0 Å². The summed E-state index contributed by atoms with van der Waals surface area (Å²) in [5, 5.41) is 7.51. The highest BCUT2D eigenvalue weighted by molar-refractivity contribution is 5.74. The molecule has 17 heavy (non-hydrogen) atoms. The number of hydrogen-bond acceptors (Lipinski definition) is 4. The number of carbonyl (C=O) groups excluding carboxylic acids is 1. The van der Waals surface area contributed by atoms with Crippen LogP contribution in [0.3, 0.4) is 0 Å². The van der Waals surface area contributed by atoms with E-state index in [-0.39, 0.29) is 11.9 Å². The summed E-state index contributed by atoms with van der Waals surface area (Å²) in [7, 11) is 3.45. The minimum Gasteiger partial charge on any atom is -0.481 e. The second-order valence-electron chi connectivity index (χ2n) is 4.15. The largest absolute Gasteiger partial charge is 0.481 e. The number of nitrogens with zero attached hydrogens (tertiary/aromatic N) is 2. The standard InChI is InChI=1S/C11H20N4O2/c1-7(5-10(12)16)13-6-9-8(2)14-15(3)11(9)17-4/h7,13H,5-6H2,1-4H3,(H2,12,16). The lowest BCUT2D eigenvalue weighted by Crippen LogP contribution is -2.30. The third-order valence-corrected chi connectivity index (χ3v) is 2.62. The molecule has 0 bridgehead atoms. The molecule has 3 N–H and O–H groups in total. The van der Waals surface area contributed by atoms with Gasteiger partial charge in [0.2, 0.25) is 11.8 Å². The maximum atomic E-state index is 10.8. The summed E-state index contributed by atoms with van der Waals surface area (Å²) in [6.07, 6.45) is 0.321. The van der Waals surface area contributed by atoms with Crippen LogP contribution >= 0.6 is 0 Å². The van der Waals surface area contributed by atoms with E-state index in [1.807, 2.05) is 20.9 Å². The molecule has 0 aliphatic rings. The first-order chi connectivity index (χ1) is 7.95. The smallest absolute Gasteiger partial charge is 0.218 e. The molecule has 96 valence electrons. The molecule has 6 nitrogen and oxygen atoms in total. The Hall–Kier alpha value is -1.56. The second-order valence-corrected chi connectivity index (χ2v) is 4.15. The Bertz CT molecular complexity index is 400. The Morgan fingerprint density at radius 2 is 2.29 bits per heavy atom. The van der Waals surface area contributed by atoms with Gasteiger partial charge in [0.05, 0.1) is 18.4 Å². The first-order valence-electron chi connectivity index (χ1n) is 5.53. The number of carbonyl (C=O) groups is 1. The van der Waals surface area contributed by atoms with Crippen molar-refractivity contribution in [1.29, 1.82) is 0 Å². The van der Waals surface area contributed by atoms with Crippen LogP contribution in [0.15, 0.2) is 0 Å². The van der Waals surface area contributed by atoms with Gasteiger partial charge in [-0.1, -0.05) is 0 Å². The topological polar surface area (TPSA) is 82.2 Å². The summed E-state index contributed by atoms with van der Waals surface area (Å²) in [5.74, 6) is 0.432. The quantitative estimate of drug-likeness (QED) is 0.738. The molecule has 1 unspecified atom stereocenters.